The van der Waals surface area contributed by atoms with Crippen LogP contribution in [0.3, 0.4) is 0 Å². The first-order valence-electron chi connectivity index (χ1n) is 1.84. The molecule has 0 bridgehead atoms. The van der Waals surface area contributed by atoms with E-state index in [1.807, 2.05) is 0 Å². The molecule has 0 spiro atoms. The first-order chi connectivity index (χ1) is 5.20. The van der Waals surface area contributed by atoms with E-state index in [0.717, 1.165) is 0 Å². The Hall–Kier alpha value is 1.60. The fourth-order valence-electron chi connectivity index (χ4n) is 0. The average Bonchev–Trinajstić information content (AvgIpc) is 1.54. The van der Waals surface area contributed by atoms with Gasteiger partial charge in [0.1, 0.15) is 0 Å². The van der Waals surface area contributed by atoms with Crippen LogP contribution in [0.4, 0.5) is 0 Å². The Morgan fingerprint density at radius 1 is 0.625 bits per heavy atom. The quantitative estimate of drug-likeness (QED) is 0.382. The third-order valence-electron chi connectivity index (χ3n) is 0. The van der Waals surface area contributed by atoms with Crippen LogP contribution in [0.15, 0.2) is 0 Å². The van der Waals surface area contributed by atoms with Crippen molar-refractivity contribution in [2.45, 2.75) is 0 Å². The minimum Gasteiger partial charge on any atom is -0.672 e. The van der Waals surface area contributed by atoms with Crippen LogP contribution >= 0.6 is 0 Å². The second-order valence-corrected chi connectivity index (χ2v) is 2.25. The van der Waals surface area contributed by atoms with E-state index in [9.17, 15) is 0 Å². The molecule has 0 aromatic carbocycles. The molecule has 0 saturated heterocycles. The molecule has 0 atom stereocenters. The fourth-order valence-corrected chi connectivity index (χ4v) is 0. The third kappa shape index (κ3) is 1300. The summed E-state index contributed by atoms with van der Waals surface area (Å²) in [6.07, 6.45) is 0. The van der Waals surface area contributed by atoms with Gasteiger partial charge in [-0.1, -0.05) is 0 Å². The largest absolute Gasteiger partial charge is 3.00 e. The Kier molecular flexibility index (Phi) is 97.0. The van der Waals surface area contributed by atoms with Crippen LogP contribution in [-0.4, -0.2) is 88.1 Å². The van der Waals surface area contributed by atoms with Crippen LogP contribution in [0.5, 0.6) is 0 Å². The zero-order valence-electron chi connectivity index (χ0n) is 7.96. The zero-order valence-corrected chi connectivity index (χ0v) is 16.3. The maximum atomic E-state index is 8.52. The molecule has 10 nitrogen and oxygen atoms in total. The molecule has 0 fully saturated rings. The van der Waals surface area contributed by atoms with Gasteiger partial charge in [-0.2, -0.15) is 0 Å². The van der Waals surface area contributed by atoms with Crippen LogP contribution in [0, 0.1) is 0 Å². The second kappa shape index (κ2) is 36.0. The van der Waals surface area contributed by atoms with Crippen molar-refractivity contribution >= 4 is 82.6 Å². The van der Waals surface area contributed by atoms with Gasteiger partial charge in [0.25, 0.3) is 0 Å². The summed E-state index contributed by atoms with van der Waals surface area (Å²) in [6, 6.07) is 0. The van der Waals surface area contributed by atoms with Crippen molar-refractivity contribution in [3.8, 4) is 0 Å². The van der Waals surface area contributed by atoms with Crippen molar-refractivity contribution in [2.75, 3.05) is 0 Å². The van der Waals surface area contributed by atoms with E-state index >= 15 is 0 Å². The van der Waals surface area contributed by atoms with E-state index in [0.29, 0.717) is 0 Å². The van der Waals surface area contributed by atoms with Crippen molar-refractivity contribution in [3.63, 3.8) is 0 Å². The van der Waals surface area contributed by atoms with Crippen molar-refractivity contribution in [3.05, 3.63) is 0 Å². The minimum atomic E-state index is -3.63. The third-order valence-corrected chi connectivity index (χ3v) is 0. The van der Waals surface area contributed by atoms with Gasteiger partial charge in [-0.25, -0.2) is 0 Å². The molecular weight excluding hydrogens is 334 g/mol. The fraction of sp³-hybridized carbons (Fsp3) is 0. The van der Waals surface area contributed by atoms with E-state index in [1.165, 1.54) is 0 Å². The normalized spacial score (nSPS) is 4.50. The summed E-state index contributed by atoms with van der Waals surface area (Å²) in [7, 11) is -10.9. The van der Waals surface area contributed by atoms with Crippen LogP contribution in [0.25, 0.3) is 0 Å². The van der Waals surface area contributed by atoms with Crippen LogP contribution < -0.4 is 58.3 Å². The zero-order chi connectivity index (χ0) is 10.7. The minimum absolute atomic E-state index is 0. The Morgan fingerprint density at radius 3 is 0.625 bits per heavy atom. The molecule has 16 heteroatoms. The SMILES string of the molecule is O.O=[Si]([O-])[O-].O=[Si]([O-])[O-].O=[Si]([O-])[O-].[Al+3].[Ca+2].[Na+]. The smallest absolute Gasteiger partial charge is 0.672 e. The van der Waals surface area contributed by atoms with E-state index < -0.39 is 27.5 Å². The Labute approximate surface area is 157 Å². The number of hydrogen-bond donors (Lipinski definition) is 0. The molecular formula is H2AlCaNaO10Si3. The summed E-state index contributed by atoms with van der Waals surface area (Å²) in [4.78, 5) is 51.1. The van der Waals surface area contributed by atoms with Gasteiger partial charge in [0.15, 0.2) is 0 Å². The predicted molar refractivity (Wildman–Crippen MR) is 34.4 cm³/mol. The molecule has 0 amide bonds. The first kappa shape index (κ1) is 43.2. The monoisotopic (exact) mass is 336 g/mol. The molecule has 80 valence electrons. The Morgan fingerprint density at radius 2 is 0.625 bits per heavy atom. The summed E-state index contributed by atoms with van der Waals surface area (Å²) in [5, 5.41) is 0. The van der Waals surface area contributed by atoms with E-state index in [4.69, 9.17) is 42.2 Å². The summed E-state index contributed by atoms with van der Waals surface area (Å²) < 4.78 is 25.6. The van der Waals surface area contributed by atoms with Gasteiger partial charge in [-0.15, -0.1) is 0 Å². The van der Waals surface area contributed by atoms with E-state index in [1.54, 1.807) is 0 Å². The van der Waals surface area contributed by atoms with Crippen LogP contribution in [0.1, 0.15) is 0 Å². The van der Waals surface area contributed by atoms with Gasteiger partial charge in [-0.05, 0) is 0 Å². The molecule has 0 saturated carbocycles. The van der Waals surface area contributed by atoms with Crippen molar-refractivity contribution < 1.29 is 77.2 Å². The number of rotatable bonds is 0. The molecule has 0 aromatic rings. The van der Waals surface area contributed by atoms with Gasteiger partial charge in [-0.3, -0.25) is 0 Å². The summed E-state index contributed by atoms with van der Waals surface area (Å²) in [6.45, 7) is 0. The van der Waals surface area contributed by atoms with Crippen molar-refractivity contribution in [1.29, 1.82) is 0 Å². The molecule has 0 rings (SSSR count). The predicted octanol–water partition coefficient (Wildman–Crippen LogP) is -13.2. The van der Waals surface area contributed by atoms with E-state index in [-0.39, 0.29) is 90.1 Å². The molecule has 0 radical (unpaired) electrons. The molecule has 0 aliphatic carbocycles. The van der Waals surface area contributed by atoms with Gasteiger partial charge in [0, 0.05) is 27.5 Å². The maximum Gasteiger partial charge on any atom is 3.00 e. The molecule has 2 N–H and O–H groups in total. The molecule has 0 aliphatic rings. The van der Waals surface area contributed by atoms with Crippen LogP contribution in [0.2, 0.25) is 0 Å². The van der Waals surface area contributed by atoms with Gasteiger partial charge >= 0.3 is 84.7 Å². The number of hydrogen-bond acceptors (Lipinski definition) is 9. The molecule has 16 heavy (non-hydrogen) atoms. The summed E-state index contributed by atoms with van der Waals surface area (Å²) >= 11 is 0. The summed E-state index contributed by atoms with van der Waals surface area (Å²) in [5.74, 6) is 0. The average molecular weight is 336 g/mol. The topological polar surface area (TPSA) is 221 Å². The van der Waals surface area contributed by atoms with Crippen molar-refractivity contribution in [1.82, 2.24) is 0 Å². The van der Waals surface area contributed by atoms with Gasteiger partial charge in [0.05, 0.1) is 0 Å². The molecule has 0 aromatic heterocycles. The van der Waals surface area contributed by atoms with Crippen molar-refractivity contribution in [2.24, 2.45) is 0 Å². The van der Waals surface area contributed by atoms with Gasteiger partial charge in [0.2, 0.25) is 0 Å². The maximum absolute atomic E-state index is 8.52. The first-order valence-corrected chi connectivity index (χ1v) is 5.51. The van der Waals surface area contributed by atoms with Crippen LogP contribution in [-0.2, 0) is 13.4 Å². The molecule has 0 unspecified atom stereocenters. The van der Waals surface area contributed by atoms with Gasteiger partial charge < -0.3 is 47.6 Å². The summed E-state index contributed by atoms with van der Waals surface area (Å²) in [5.41, 5.74) is 0. The second-order valence-electron chi connectivity index (χ2n) is 0.750. The Bertz CT molecular complexity index is 124. The standard InChI is InChI=1S/Al.Ca.Na.3O3Si.H2O/c;;;3*1-4(2)3;/h;;;;;;1H2/q+3;+2;+1;3*-2;. The molecule has 0 heterocycles. The van der Waals surface area contributed by atoms with E-state index in [2.05, 4.69) is 0 Å². The Balaban J connectivity index is -0.0000000135. The molecule has 0 aliphatic heterocycles.